The van der Waals surface area contributed by atoms with E-state index in [-0.39, 0.29) is 0 Å². The number of hydrogen-bond acceptors (Lipinski definition) is 2. The molecule has 2 N–H and O–H groups in total. The van der Waals surface area contributed by atoms with Crippen molar-refractivity contribution in [2.24, 2.45) is 0 Å². The summed E-state index contributed by atoms with van der Waals surface area (Å²) in [4.78, 5) is 0. The van der Waals surface area contributed by atoms with Crippen LogP contribution < -0.4 is 10.7 Å². The van der Waals surface area contributed by atoms with Crippen LogP contribution in [0.2, 0.25) is 0 Å². The van der Waals surface area contributed by atoms with E-state index in [4.69, 9.17) is 0 Å². The molecule has 14 heavy (non-hydrogen) atoms. The van der Waals surface area contributed by atoms with Crippen LogP contribution in [0.1, 0.15) is 24.2 Å². The third-order valence-corrected chi connectivity index (χ3v) is 2.88. The van der Waals surface area contributed by atoms with Crippen molar-refractivity contribution in [2.45, 2.75) is 32.7 Å². The van der Waals surface area contributed by atoms with Gasteiger partial charge in [0.15, 0.2) is 0 Å². The maximum absolute atomic E-state index is 3.55. The molecule has 3 nitrogen and oxygen atoms in total. The summed E-state index contributed by atoms with van der Waals surface area (Å²) >= 11 is 0. The Hall–Kier alpha value is -0.960. The lowest BCUT2D eigenvalue weighted by atomic mass is 10.1. The van der Waals surface area contributed by atoms with Crippen LogP contribution in [-0.2, 0) is 0 Å². The maximum Gasteiger partial charge on any atom is 0.0549 e. The molecule has 0 aromatic carbocycles. The molecule has 0 saturated carbocycles. The Morgan fingerprint density at radius 3 is 2.64 bits per heavy atom. The molecule has 1 atom stereocenters. The molecule has 2 heterocycles. The van der Waals surface area contributed by atoms with Crippen LogP contribution in [0.4, 0.5) is 0 Å². The van der Waals surface area contributed by atoms with Crippen LogP contribution in [0.15, 0.2) is 12.1 Å². The van der Waals surface area contributed by atoms with E-state index in [0.29, 0.717) is 6.04 Å². The minimum atomic E-state index is 0.577. The molecule has 2 rings (SSSR count). The summed E-state index contributed by atoms with van der Waals surface area (Å²) in [5.74, 6) is 0. The second-order valence-corrected chi connectivity index (χ2v) is 4.12. The molecule has 1 aliphatic heterocycles. The maximum atomic E-state index is 3.55. The third kappa shape index (κ3) is 1.93. The van der Waals surface area contributed by atoms with Crippen LogP contribution in [0.5, 0.6) is 0 Å². The Kier molecular flexibility index (Phi) is 2.77. The Bertz CT molecular complexity index is 278. The van der Waals surface area contributed by atoms with Crippen LogP contribution in [0.3, 0.4) is 0 Å². The average molecular weight is 193 g/mol. The number of nitrogens with one attached hydrogen (secondary N) is 2. The molecular weight excluding hydrogens is 174 g/mol. The van der Waals surface area contributed by atoms with Crippen LogP contribution in [0, 0.1) is 13.8 Å². The first-order chi connectivity index (χ1) is 6.77. The molecule has 78 valence electrons. The third-order valence-electron chi connectivity index (χ3n) is 2.88. The van der Waals surface area contributed by atoms with Crippen molar-refractivity contribution < 1.29 is 0 Å². The largest absolute Gasteiger partial charge is 0.322 e. The van der Waals surface area contributed by atoms with Gasteiger partial charge in [0.05, 0.1) is 6.04 Å². The highest BCUT2D eigenvalue weighted by Gasteiger charge is 2.13. The fourth-order valence-electron chi connectivity index (χ4n) is 2.02. The van der Waals surface area contributed by atoms with E-state index in [1.807, 2.05) is 0 Å². The molecule has 1 aromatic heterocycles. The summed E-state index contributed by atoms with van der Waals surface area (Å²) in [6, 6.07) is 4.88. The van der Waals surface area contributed by atoms with Crippen LogP contribution >= 0.6 is 0 Å². The minimum Gasteiger partial charge on any atom is -0.322 e. The first kappa shape index (κ1) is 9.59. The summed E-state index contributed by atoms with van der Waals surface area (Å²) < 4.78 is 2.19. The Morgan fingerprint density at radius 2 is 2.07 bits per heavy atom. The molecular formula is C11H19N3. The van der Waals surface area contributed by atoms with E-state index in [2.05, 4.69) is 41.4 Å². The molecule has 1 aliphatic rings. The van der Waals surface area contributed by atoms with Crippen molar-refractivity contribution in [3.8, 4) is 0 Å². The normalized spacial score (nSPS) is 22.3. The highest BCUT2D eigenvalue weighted by Crippen LogP contribution is 2.08. The SMILES string of the molecule is Cc1ccc(C)n1NC1CCCNC1. The molecule has 1 unspecified atom stereocenters. The lowest BCUT2D eigenvalue weighted by Crippen LogP contribution is -2.42. The summed E-state index contributed by atoms with van der Waals surface area (Å²) in [7, 11) is 0. The van der Waals surface area contributed by atoms with Gasteiger partial charge in [-0.2, -0.15) is 0 Å². The van der Waals surface area contributed by atoms with E-state index in [1.54, 1.807) is 0 Å². The van der Waals surface area contributed by atoms with Crippen molar-refractivity contribution in [3.05, 3.63) is 23.5 Å². The molecule has 1 aromatic rings. The van der Waals surface area contributed by atoms with Gasteiger partial charge in [-0.15, -0.1) is 0 Å². The summed E-state index contributed by atoms with van der Waals surface area (Å²) in [6.45, 7) is 6.52. The zero-order valence-electron chi connectivity index (χ0n) is 9.01. The van der Waals surface area contributed by atoms with Crippen molar-refractivity contribution in [1.82, 2.24) is 9.99 Å². The van der Waals surface area contributed by atoms with Gasteiger partial charge in [0, 0.05) is 17.9 Å². The number of rotatable bonds is 2. The molecule has 0 bridgehead atoms. The predicted molar refractivity (Wildman–Crippen MR) is 59.2 cm³/mol. The molecule has 1 fully saturated rings. The molecule has 0 aliphatic carbocycles. The second-order valence-electron chi connectivity index (χ2n) is 4.12. The predicted octanol–water partition coefficient (Wildman–Crippen LogP) is 1.40. The van der Waals surface area contributed by atoms with E-state index in [9.17, 15) is 0 Å². The van der Waals surface area contributed by atoms with Gasteiger partial charge in [-0.3, -0.25) is 4.68 Å². The molecule has 0 amide bonds. The standard InChI is InChI=1S/C11H19N3/c1-9-5-6-10(2)14(9)13-11-4-3-7-12-8-11/h5-6,11-13H,3-4,7-8H2,1-2H3. The number of piperidine rings is 1. The van der Waals surface area contributed by atoms with Gasteiger partial charge < -0.3 is 10.7 Å². The highest BCUT2D eigenvalue weighted by atomic mass is 15.4. The number of aromatic nitrogens is 1. The van der Waals surface area contributed by atoms with Gasteiger partial charge in [0.1, 0.15) is 0 Å². The van der Waals surface area contributed by atoms with Gasteiger partial charge >= 0.3 is 0 Å². The quantitative estimate of drug-likeness (QED) is 0.743. The molecule has 0 spiro atoms. The Balaban J connectivity index is 2.02. The van der Waals surface area contributed by atoms with E-state index < -0.39 is 0 Å². The van der Waals surface area contributed by atoms with Crippen molar-refractivity contribution in [3.63, 3.8) is 0 Å². The number of nitrogens with zero attached hydrogens (tertiary/aromatic N) is 1. The second kappa shape index (κ2) is 4.05. The average Bonchev–Trinajstić information content (AvgIpc) is 2.51. The van der Waals surface area contributed by atoms with E-state index in [0.717, 1.165) is 6.54 Å². The first-order valence-corrected chi connectivity index (χ1v) is 5.39. The van der Waals surface area contributed by atoms with Crippen LogP contribution in [-0.4, -0.2) is 23.8 Å². The topological polar surface area (TPSA) is 29.0 Å². The van der Waals surface area contributed by atoms with E-state index >= 15 is 0 Å². The Morgan fingerprint density at radius 1 is 1.36 bits per heavy atom. The lowest BCUT2D eigenvalue weighted by molar-refractivity contribution is 0.452. The van der Waals surface area contributed by atoms with Gasteiger partial charge in [-0.1, -0.05) is 0 Å². The van der Waals surface area contributed by atoms with Gasteiger partial charge in [0.2, 0.25) is 0 Å². The van der Waals surface area contributed by atoms with Crippen LogP contribution in [0.25, 0.3) is 0 Å². The molecule has 3 heteroatoms. The highest BCUT2D eigenvalue weighted by molar-refractivity contribution is 5.16. The zero-order chi connectivity index (χ0) is 9.97. The first-order valence-electron chi connectivity index (χ1n) is 5.39. The fourth-order valence-corrected chi connectivity index (χ4v) is 2.02. The number of hydrogen-bond donors (Lipinski definition) is 2. The fraction of sp³-hybridized carbons (Fsp3) is 0.636. The number of aryl methyl sites for hydroxylation is 2. The minimum absolute atomic E-state index is 0.577. The van der Waals surface area contributed by atoms with Gasteiger partial charge in [-0.05, 0) is 45.4 Å². The summed E-state index contributed by atoms with van der Waals surface area (Å²) in [6.07, 6.45) is 2.54. The van der Waals surface area contributed by atoms with Crippen molar-refractivity contribution in [1.29, 1.82) is 0 Å². The lowest BCUT2D eigenvalue weighted by Gasteiger charge is -2.26. The monoisotopic (exact) mass is 193 g/mol. The molecule has 0 radical (unpaired) electrons. The van der Waals surface area contributed by atoms with Crippen molar-refractivity contribution in [2.75, 3.05) is 18.5 Å². The zero-order valence-corrected chi connectivity index (χ0v) is 9.01. The molecule has 1 saturated heterocycles. The summed E-state index contributed by atoms with van der Waals surface area (Å²) in [5, 5.41) is 3.41. The van der Waals surface area contributed by atoms with E-state index in [1.165, 1.54) is 30.8 Å². The Labute approximate surface area is 85.5 Å². The summed E-state index contributed by atoms with van der Waals surface area (Å²) in [5.41, 5.74) is 6.12. The van der Waals surface area contributed by atoms with Gasteiger partial charge in [0.25, 0.3) is 0 Å². The smallest absolute Gasteiger partial charge is 0.0549 e. The van der Waals surface area contributed by atoms with Crippen molar-refractivity contribution >= 4 is 0 Å². The van der Waals surface area contributed by atoms with Gasteiger partial charge in [-0.25, -0.2) is 0 Å².